The summed E-state index contributed by atoms with van der Waals surface area (Å²) in [6.45, 7) is -0.0237. The lowest BCUT2D eigenvalue weighted by Crippen LogP contribution is -2.36. The fourth-order valence-electron chi connectivity index (χ4n) is 1.47. The van der Waals surface area contributed by atoms with Crippen molar-refractivity contribution in [3.63, 3.8) is 0 Å². The highest BCUT2D eigenvalue weighted by Gasteiger charge is 2.12. The molecule has 0 fully saturated rings. The average molecular weight is 257 g/mol. The van der Waals surface area contributed by atoms with E-state index in [1.807, 2.05) is 6.07 Å². The van der Waals surface area contributed by atoms with Crippen molar-refractivity contribution in [2.45, 2.75) is 6.54 Å². The third kappa shape index (κ3) is 5.33. The molecular formula is C11H13ClN2O3. The van der Waals surface area contributed by atoms with Gasteiger partial charge in [0.05, 0.1) is 13.1 Å². The second-order valence-corrected chi connectivity index (χ2v) is 4.07. The quantitative estimate of drug-likeness (QED) is 0.785. The summed E-state index contributed by atoms with van der Waals surface area (Å²) in [6, 6.07) is 7.01. The van der Waals surface area contributed by atoms with E-state index in [2.05, 4.69) is 0 Å². The Balaban J connectivity index is 2.71. The Kier molecular flexibility index (Phi) is 4.93. The van der Waals surface area contributed by atoms with Gasteiger partial charge in [-0.1, -0.05) is 23.7 Å². The van der Waals surface area contributed by atoms with Crippen LogP contribution in [0, 0.1) is 0 Å². The van der Waals surface area contributed by atoms with E-state index in [4.69, 9.17) is 22.4 Å². The van der Waals surface area contributed by atoms with Crippen LogP contribution in [0.2, 0.25) is 5.02 Å². The van der Waals surface area contributed by atoms with Crippen molar-refractivity contribution in [3.05, 3.63) is 34.9 Å². The van der Waals surface area contributed by atoms with Gasteiger partial charge in [0.1, 0.15) is 0 Å². The highest BCUT2D eigenvalue weighted by atomic mass is 35.5. The molecule has 0 spiro atoms. The van der Waals surface area contributed by atoms with Crippen LogP contribution in [0.3, 0.4) is 0 Å². The van der Waals surface area contributed by atoms with Crippen molar-refractivity contribution in [2.75, 3.05) is 13.1 Å². The van der Waals surface area contributed by atoms with Gasteiger partial charge in [-0.2, -0.15) is 0 Å². The first-order valence-electron chi connectivity index (χ1n) is 4.94. The number of benzene rings is 1. The SMILES string of the molecule is NC(=O)CN(CC(=O)O)Cc1cccc(Cl)c1. The largest absolute Gasteiger partial charge is 0.480 e. The number of halogens is 1. The fraction of sp³-hybridized carbons (Fsp3) is 0.273. The minimum atomic E-state index is -1.01. The summed E-state index contributed by atoms with van der Waals surface area (Å²) in [4.78, 5) is 22.9. The summed E-state index contributed by atoms with van der Waals surface area (Å²) in [6.07, 6.45) is 0. The summed E-state index contributed by atoms with van der Waals surface area (Å²) in [7, 11) is 0. The van der Waals surface area contributed by atoms with Crippen molar-refractivity contribution in [2.24, 2.45) is 5.73 Å². The van der Waals surface area contributed by atoms with Gasteiger partial charge in [-0.3, -0.25) is 14.5 Å². The predicted molar refractivity (Wildman–Crippen MR) is 63.6 cm³/mol. The number of carboxylic acids is 1. The van der Waals surface area contributed by atoms with Gasteiger partial charge in [0, 0.05) is 11.6 Å². The van der Waals surface area contributed by atoms with Crippen LogP contribution in [0.5, 0.6) is 0 Å². The molecule has 1 rings (SSSR count). The molecule has 0 saturated carbocycles. The zero-order valence-corrected chi connectivity index (χ0v) is 9.85. The molecule has 6 heteroatoms. The number of amides is 1. The normalized spacial score (nSPS) is 10.5. The summed E-state index contributed by atoms with van der Waals surface area (Å²) in [5.74, 6) is -1.57. The Labute approximate surface area is 104 Å². The van der Waals surface area contributed by atoms with E-state index >= 15 is 0 Å². The number of rotatable bonds is 6. The molecule has 0 saturated heterocycles. The maximum Gasteiger partial charge on any atom is 0.317 e. The molecule has 17 heavy (non-hydrogen) atoms. The zero-order valence-electron chi connectivity index (χ0n) is 9.10. The van der Waals surface area contributed by atoms with Crippen molar-refractivity contribution in [1.29, 1.82) is 0 Å². The lowest BCUT2D eigenvalue weighted by molar-refractivity contribution is -0.138. The third-order valence-corrected chi connectivity index (χ3v) is 2.27. The molecule has 5 nitrogen and oxygen atoms in total. The van der Waals surface area contributed by atoms with Crippen LogP contribution in [0.25, 0.3) is 0 Å². The maximum absolute atomic E-state index is 10.8. The smallest absolute Gasteiger partial charge is 0.317 e. The molecule has 3 N–H and O–H groups in total. The third-order valence-electron chi connectivity index (χ3n) is 2.03. The van der Waals surface area contributed by atoms with Gasteiger partial charge in [0.2, 0.25) is 5.91 Å². The first kappa shape index (κ1) is 13.5. The number of aliphatic carboxylic acids is 1. The Hall–Kier alpha value is -1.59. The highest BCUT2D eigenvalue weighted by molar-refractivity contribution is 6.30. The second-order valence-electron chi connectivity index (χ2n) is 3.64. The van der Waals surface area contributed by atoms with Gasteiger partial charge in [-0.05, 0) is 17.7 Å². The van der Waals surface area contributed by atoms with E-state index < -0.39 is 11.9 Å². The lowest BCUT2D eigenvalue weighted by Gasteiger charge is -2.18. The summed E-state index contributed by atoms with van der Waals surface area (Å²) >= 11 is 5.81. The molecule has 1 amide bonds. The van der Waals surface area contributed by atoms with Crippen LogP contribution in [-0.2, 0) is 16.1 Å². The van der Waals surface area contributed by atoms with E-state index in [9.17, 15) is 9.59 Å². The number of carbonyl (C=O) groups excluding carboxylic acids is 1. The van der Waals surface area contributed by atoms with Gasteiger partial charge in [-0.15, -0.1) is 0 Å². The summed E-state index contributed by atoms with van der Waals surface area (Å²) in [5, 5.41) is 9.28. The number of carboxylic acid groups (broad SMARTS) is 1. The van der Waals surface area contributed by atoms with Gasteiger partial charge < -0.3 is 10.8 Å². The van der Waals surface area contributed by atoms with Crippen LogP contribution in [0.15, 0.2) is 24.3 Å². The zero-order chi connectivity index (χ0) is 12.8. The van der Waals surface area contributed by atoms with Crippen LogP contribution < -0.4 is 5.73 Å². The number of nitrogens with zero attached hydrogens (tertiary/aromatic N) is 1. The molecule has 1 aromatic carbocycles. The van der Waals surface area contributed by atoms with E-state index in [0.29, 0.717) is 11.6 Å². The van der Waals surface area contributed by atoms with Crippen molar-refractivity contribution in [1.82, 2.24) is 4.90 Å². The molecule has 92 valence electrons. The van der Waals surface area contributed by atoms with Crippen molar-refractivity contribution < 1.29 is 14.7 Å². The van der Waals surface area contributed by atoms with Crippen LogP contribution >= 0.6 is 11.6 Å². The highest BCUT2D eigenvalue weighted by Crippen LogP contribution is 2.12. The molecule has 0 heterocycles. The molecule has 0 radical (unpaired) electrons. The standard InChI is InChI=1S/C11H13ClN2O3/c12-9-3-1-2-8(4-9)5-14(6-10(13)15)7-11(16)17/h1-4H,5-7H2,(H2,13,15)(H,16,17). The Bertz CT molecular complexity index is 407. The fourth-order valence-corrected chi connectivity index (χ4v) is 1.69. The number of nitrogens with two attached hydrogens (primary N) is 1. The van der Waals surface area contributed by atoms with Gasteiger partial charge in [0.25, 0.3) is 0 Å². The van der Waals surface area contributed by atoms with Crippen LogP contribution in [-0.4, -0.2) is 35.0 Å². The Morgan fingerprint density at radius 1 is 1.35 bits per heavy atom. The molecular weight excluding hydrogens is 244 g/mol. The van der Waals surface area contributed by atoms with Gasteiger partial charge >= 0.3 is 5.97 Å². The molecule has 0 aliphatic rings. The summed E-state index contributed by atoms with van der Waals surface area (Å²) < 4.78 is 0. The first-order valence-corrected chi connectivity index (χ1v) is 5.32. The second kappa shape index (κ2) is 6.22. The number of primary amides is 1. The van der Waals surface area contributed by atoms with Crippen LogP contribution in [0.4, 0.5) is 0 Å². The Morgan fingerprint density at radius 2 is 2.06 bits per heavy atom. The monoisotopic (exact) mass is 256 g/mol. The van der Waals surface area contributed by atoms with E-state index in [1.165, 1.54) is 4.90 Å². The number of hydrogen-bond donors (Lipinski definition) is 2. The molecule has 0 aromatic heterocycles. The molecule has 1 aromatic rings. The number of hydrogen-bond acceptors (Lipinski definition) is 3. The van der Waals surface area contributed by atoms with Crippen molar-refractivity contribution in [3.8, 4) is 0 Å². The van der Waals surface area contributed by atoms with Gasteiger partial charge in [-0.25, -0.2) is 0 Å². The van der Waals surface area contributed by atoms with E-state index in [-0.39, 0.29) is 13.1 Å². The maximum atomic E-state index is 10.8. The van der Waals surface area contributed by atoms with Gasteiger partial charge in [0.15, 0.2) is 0 Å². The Morgan fingerprint density at radius 3 is 2.59 bits per heavy atom. The molecule has 0 atom stereocenters. The lowest BCUT2D eigenvalue weighted by atomic mass is 10.2. The molecule has 0 unspecified atom stereocenters. The number of carbonyl (C=O) groups is 2. The predicted octanol–water partition coefficient (Wildman–Crippen LogP) is 0.712. The van der Waals surface area contributed by atoms with E-state index in [1.54, 1.807) is 18.2 Å². The van der Waals surface area contributed by atoms with Crippen molar-refractivity contribution >= 4 is 23.5 Å². The summed E-state index contributed by atoms with van der Waals surface area (Å²) in [5.41, 5.74) is 5.89. The average Bonchev–Trinajstić information content (AvgIpc) is 2.14. The molecule has 0 aliphatic heterocycles. The minimum Gasteiger partial charge on any atom is -0.480 e. The molecule has 0 aliphatic carbocycles. The molecule has 0 bridgehead atoms. The van der Waals surface area contributed by atoms with E-state index in [0.717, 1.165) is 5.56 Å². The minimum absolute atomic E-state index is 0.0984. The topological polar surface area (TPSA) is 83.6 Å². The first-order chi connectivity index (χ1) is 7.97. The van der Waals surface area contributed by atoms with Crippen LogP contribution in [0.1, 0.15) is 5.56 Å².